The molecule has 102 valence electrons. The third kappa shape index (κ3) is 3.38. The van der Waals surface area contributed by atoms with Gasteiger partial charge in [-0.25, -0.2) is 0 Å². The smallest absolute Gasteiger partial charge is 0.250 e. The Balaban J connectivity index is 2.73. The van der Waals surface area contributed by atoms with Gasteiger partial charge < -0.3 is 4.43 Å². The van der Waals surface area contributed by atoms with Crippen LogP contribution in [0.2, 0.25) is 18.1 Å². The first kappa shape index (κ1) is 15.3. The van der Waals surface area contributed by atoms with Crippen LogP contribution in [0.5, 0.6) is 0 Å². The Labute approximate surface area is 114 Å². The van der Waals surface area contributed by atoms with Crippen molar-refractivity contribution < 1.29 is 4.43 Å². The maximum atomic E-state index is 6.27. The lowest BCUT2D eigenvalue weighted by molar-refractivity contribution is 0.394. The summed E-state index contributed by atoms with van der Waals surface area (Å²) in [4.78, 5) is 0. The first-order valence-electron chi connectivity index (χ1n) is 6.77. The average molecular weight is 264 g/mol. The number of hydrogen-bond acceptors (Lipinski definition) is 1. The summed E-state index contributed by atoms with van der Waals surface area (Å²) < 4.78 is 6.27. The van der Waals surface area contributed by atoms with Crippen molar-refractivity contribution in [1.82, 2.24) is 0 Å². The van der Waals surface area contributed by atoms with Gasteiger partial charge in [0.1, 0.15) is 0 Å². The topological polar surface area (TPSA) is 9.23 Å². The standard InChI is InChI=1S/C16H28OSi/c1-12(2)14-9-10-15(11-14)13(3)17-18(7,8)16(4,5)6/h10H,3,9,11H2,1-2,4-8H3. The van der Waals surface area contributed by atoms with Crippen LogP contribution in [-0.4, -0.2) is 8.32 Å². The molecule has 1 aliphatic carbocycles. The van der Waals surface area contributed by atoms with E-state index in [1.54, 1.807) is 0 Å². The van der Waals surface area contributed by atoms with Gasteiger partial charge in [0.2, 0.25) is 8.32 Å². The molecule has 0 N–H and O–H groups in total. The van der Waals surface area contributed by atoms with Crippen LogP contribution >= 0.6 is 0 Å². The number of hydrogen-bond donors (Lipinski definition) is 0. The zero-order valence-corrected chi connectivity index (χ0v) is 14.1. The molecule has 1 nitrogen and oxygen atoms in total. The van der Waals surface area contributed by atoms with Gasteiger partial charge in [-0.1, -0.05) is 44.6 Å². The van der Waals surface area contributed by atoms with Crippen LogP contribution in [0.3, 0.4) is 0 Å². The third-order valence-corrected chi connectivity index (χ3v) is 8.62. The largest absolute Gasteiger partial charge is 0.544 e. The highest BCUT2D eigenvalue weighted by molar-refractivity contribution is 6.74. The van der Waals surface area contributed by atoms with Gasteiger partial charge >= 0.3 is 0 Å². The Morgan fingerprint density at radius 1 is 1.28 bits per heavy atom. The third-order valence-electron chi connectivity index (χ3n) is 4.25. The second-order valence-electron chi connectivity index (χ2n) is 7.00. The van der Waals surface area contributed by atoms with E-state index in [9.17, 15) is 0 Å². The van der Waals surface area contributed by atoms with Crippen molar-refractivity contribution >= 4 is 8.32 Å². The van der Waals surface area contributed by atoms with Crippen molar-refractivity contribution in [3.8, 4) is 0 Å². The summed E-state index contributed by atoms with van der Waals surface area (Å²) in [6, 6.07) is 0. The molecule has 0 saturated heterocycles. The second-order valence-corrected chi connectivity index (χ2v) is 11.7. The van der Waals surface area contributed by atoms with Crippen LogP contribution < -0.4 is 0 Å². The predicted molar refractivity (Wildman–Crippen MR) is 83.1 cm³/mol. The Morgan fingerprint density at radius 2 is 1.83 bits per heavy atom. The minimum Gasteiger partial charge on any atom is -0.544 e. The van der Waals surface area contributed by atoms with Gasteiger partial charge in [-0.3, -0.25) is 0 Å². The van der Waals surface area contributed by atoms with E-state index in [0.717, 1.165) is 18.6 Å². The lowest BCUT2D eigenvalue weighted by atomic mass is 10.1. The molecule has 0 radical (unpaired) electrons. The molecule has 0 heterocycles. The molecule has 0 atom stereocenters. The van der Waals surface area contributed by atoms with Crippen LogP contribution in [0, 0.1) is 0 Å². The van der Waals surface area contributed by atoms with E-state index in [1.807, 2.05) is 0 Å². The molecule has 0 unspecified atom stereocenters. The molecule has 0 saturated carbocycles. The summed E-state index contributed by atoms with van der Waals surface area (Å²) in [5, 5.41) is 0.231. The normalized spacial score (nSPS) is 16.6. The van der Waals surface area contributed by atoms with Crippen molar-refractivity contribution in [2.75, 3.05) is 0 Å². The lowest BCUT2D eigenvalue weighted by Gasteiger charge is -2.37. The Bertz CT molecular complexity index is 401. The van der Waals surface area contributed by atoms with Gasteiger partial charge in [0.05, 0.1) is 5.76 Å². The maximum absolute atomic E-state index is 6.27. The fourth-order valence-electron chi connectivity index (χ4n) is 1.74. The molecule has 0 aliphatic heterocycles. The van der Waals surface area contributed by atoms with Gasteiger partial charge in [-0.2, -0.15) is 0 Å². The average Bonchev–Trinajstić information content (AvgIpc) is 2.63. The molecule has 0 fully saturated rings. The van der Waals surface area contributed by atoms with Crippen LogP contribution in [0.15, 0.2) is 35.1 Å². The summed E-state index contributed by atoms with van der Waals surface area (Å²) in [5.41, 5.74) is 4.24. The molecule has 0 bridgehead atoms. The zero-order chi connectivity index (χ0) is 14.1. The van der Waals surface area contributed by atoms with Crippen LogP contribution in [0.25, 0.3) is 0 Å². The van der Waals surface area contributed by atoms with Gasteiger partial charge in [-0.15, -0.1) is 0 Å². The molecular weight excluding hydrogens is 236 g/mol. The summed E-state index contributed by atoms with van der Waals surface area (Å²) in [7, 11) is -1.74. The maximum Gasteiger partial charge on any atom is 0.250 e. The molecule has 0 aromatic carbocycles. The zero-order valence-electron chi connectivity index (χ0n) is 13.1. The molecule has 0 aromatic heterocycles. The predicted octanol–water partition coefficient (Wildman–Crippen LogP) is 5.58. The fourth-order valence-corrected chi connectivity index (χ4v) is 2.79. The fraction of sp³-hybridized carbons (Fsp3) is 0.625. The van der Waals surface area contributed by atoms with Crippen molar-refractivity contribution in [1.29, 1.82) is 0 Å². The number of allylic oxidation sites excluding steroid dienone is 4. The van der Waals surface area contributed by atoms with E-state index in [-0.39, 0.29) is 5.04 Å². The van der Waals surface area contributed by atoms with Crippen LogP contribution in [0.4, 0.5) is 0 Å². The van der Waals surface area contributed by atoms with E-state index < -0.39 is 8.32 Å². The highest BCUT2D eigenvalue weighted by atomic mass is 28.4. The Hall–Kier alpha value is -0.763. The summed E-state index contributed by atoms with van der Waals surface area (Å²) in [6.45, 7) is 19.8. The van der Waals surface area contributed by atoms with Gasteiger partial charge in [0.15, 0.2) is 0 Å². The first-order chi connectivity index (χ1) is 8.04. The molecule has 2 heteroatoms. The van der Waals surface area contributed by atoms with Crippen molar-refractivity contribution in [3.05, 3.63) is 35.1 Å². The monoisotopic (exact) mass is 264 g/mol. The van der Waals surface area contributed by atoms with Gasteiger partial charge in [0.25, 0.3) is 0 Å². The second kappa shape index (κ2) is 5.08. The van der Waals surface area contributed by atoms with Gasteiger partial charge in [-0.05, 0) is 50.4 Å². The SMILES string of the molecule is C=C(O[Si](C)(C)C(C)(C)C)C1=CCC(=C(C)C)C1. The van der Waals surface area contributed by atoms with Crippen molar-refractivity contribution in [2.45, 2.75) is 65.6 Å². The summed E-state index contributed by atoms with van der Waals surface area (Å²) in [5.74, 6) is 0.901. The minimum atomic E-state index is -1.74. The van der Waals surface area contributed by atoms with E-state index in [0.29, 0.717) is 0 Å². The molecule has 18 heavy (non-hydrogen) atoms. The van der Waals surface area contributed by atoms with Gasteiger partial charge in [0, 0.05) is 0 Å². The Kier molecular flexibility index (Phi) is 4.32. The molecule has 0 amide bonds. The lowest BCUT2D eigenvalue weighted by Crippen LogP contribution is -2.40. The highest BCUT2D eigenvalue weighted by Crippen LogP contribution is 2.40. The Morgan fingerprint density at radius 3 is 2.22 bits per heavy atom. The summed E-state index contributed by atoms with van der Waals surface area (Å²) >= 11 is 0. The quantitative estimate of drug-likeness (QED) is 0.367. The molecule has 1 rings (SSSR count). The molecule has 1 aliphatic rings. The number of rotatable bonds is 3. The van der Waals surface area contributed by atoms with E-state index in [1.165, 1.54) is 16.7 Å². The van der Waals surface area contributed by atoms with E-state index >= 15 is 0 Å². The van der Waals surface area contributed by atoms with Crippen LogP contribution in [-0.2, 0) is 4.43 Å². The molecule has 0 aromatic rings. The van der Waals surface area contributed by atoms with E-state index in [2.05, 4.69) is 60.4 Å². The van der Waals surface area contributed by atoms with Crippen molar-refractivity contribution in [2.24, 2.45) is 0 Å². The van der Waals surface area contributed by atoms with E-state index in [4.69, 9.17) is 4.43 Å². The summed E-state index contributed by atoms with van der Waals surface area (Å²) in [6.07, 6.45) is 4.37. The van der Waals surface area contributed by atoms with Crippen molar-refractivity contribution in [3.63, 3.8) is 0 Å². The molecular formula is C16H28OSi. The molecule has 0 spiro atoms. The highest BCUT2D eigenvalue weighted by Gasteiger charge is 2.39. The minimum absolute atomic E-state index is 0.231. The van der Waals surface area contributed by atoms with Crippen LogP contribution in [0.1, 0.15) is 47.5 Å². The first-order valence-corrected chi connectivity index (χ1v) is 9.68.